The van der Waals surface area contributed by atoms with E-state index in [9.17, 15) is 27.6 Å². The van der Waals surface area contributed by atoms with Gasteiger partial charge < -0.3 is 20.0 Å². The lowest BCUT2D eigenvalue weighted by Crippen LogP contribution is -2.51. The molecule has 0 radical (unpaired) electrons. The van der Waals surface area contributed by atoms with Crippen molar-refractivity contribution in [1.29, 1.82) is 0 Å². The molecule has 2 aromatic rings. The molecular formula is C23H29N5O7S. The zero-order valence-electron chi connectivity index (χ0n) is 20.5. The van der Waals surface area contributed by atoms with Gasteiger partial charge in [-0.2, -0.15) is 0 Å². The van der Waals surface area contributed by atoms with E-state index in [1.807, 2.05) is 25.5 Å². The molecule has 1 saturated heterocycles. The maximum absolute atomic E-state index is 12.6. The summed E-state index contributed by atoms with van der Waals surface area (Å²) in [4.78, 5) is 53.8. The SMILES string of the molecule is CN1C(=O)CCCC1C(=O)NS(=O)(=O)c1ccc(NC(=O)C(=O)NCc2nc(C(C)(C)C)co2)cc1. The second-order valence-corrected chi connectivity index (χ2v) is 11.1. The Labute approximate surface area is 208 Å². The van der Waals surface area contributed by atoms with Crippen LogP contribution in [-0.2, 0) is 41.2 Å². The predicted octanol–water partition coefficient (Wildman–Crippen LogP) is 1.04. The summed E-state index contributed by atoms with van der Waals surface area (Å²) in [5, 5.41) is 4.76. The Hall–Kier alpha value is -3.74. The lowest BCUT2D eigenvalue weighted by atomic mass is 9.93. The molecule has 0 saturated carbocycles. The van der Waals surface area contributed by atoms with Gasteiger partial charge in [-0.1, -0.05) is 20.8 Å². The fourth-order valence-corrected chi connectivity index (χ4v) is 4.45. The summed E-state index contributed by atoms with van der Waals surface area (Å²) < 4.78 is 32.5. The van der Waals surface area contributed by atoms with Crippen molar-refractivity contribution in [3.63, 3.8) is 0 Å². The van der Waals surface area contributed by atoms with Gasteiger partial charge in [0, 0.05) is 24.6 Å². The molecule has 12 nitrogen and oxygen atoms in total. The van der Waals surface area contributed by atoms with Gasteiger partial charge in [-0.05, 0) is 37.1 Å². The Bertz CT molecular complexity index is 1260. The van der Waals surface area contributed by atoms with Gasteiger partial charge in [0.2, 0.25) is 11.8 Å². The van der Waals surface area contributed by atoms with Crippen LogP contribution in [0.1, 0.15) is 51.6 Å². The predicted molar refractivity (Wildman–Crippen MR) is 128 cm³/mol. The van der Waals surface area contributed by atoms with E-state index in [4.69, 9.17) is 4.42 Å². The smallest absolute Gasteiger partial charge is 0.313 e. The fraction of sp³-hybridized carbons (Fsp3) is 0.435. The molecule has 1 fully saturated rings. The molecular weight excluding hydrogens is 490 g/mol. The molecule has 3 rings (SSSR count). The van der Waals surface area contributed by atoms with Crippen molar-refractivity contribution in [1.82, 2.24) is 19.9 Å². The van der Waals surface area contributed by atoms with Gasteiger partial charge >= 0.3 is 11.8 Å². The number of benzene rings is 1. The summed E-state index contributed by atoms with van der Waals surface area (Å²) >= 11 is 0. The van der Waals surface area contributed by atoms with Crippen LogP contribution < -0.4 is 15.4 Å². The van der Waals surface area contributed by atoms with Crippen molar-refractivity contribution in [3.05, 3.63) is 42.1 Å². The number of carbonyl (C=O) groups excluding carboxylic acids is 4. The van der Waals surface area contributed by atoms with Crippen LogP contribution in [0.2, 0.25) is 0 Å². The van der Waals surface area contributed by atoms with Gasteiger partial charge in [0.1, 0.15) is 12.3 Å². The van der Waals surface area contributed by atoms with Crippen LogP contribution in [0.5, 0.6) is 0 Å². The zero-order valence-corrected chi connectivity index (χ0v) is 21.3. The largest absolute Gasteiger partial charge is 0.447 e. The molecule has 1 aliphatic heterocycles. The van der Waals surface area contributed by atoms with Crippen LogP contribution >= 0.6 is 0 Å². The van der Waals surface area contributed by atoms with Crippen LogP contribution in [0.15, 0.2) is 39.8 Å². The van der Waals surface area contributed by atoms with Gasteiger partial charge in [-0.3, -0.25) is 19.2 Å². The minimum Gasteiger partial charge on any atom is -0.447 e. The van der Waals surface area contributed by atoms with Gasteiger partial charge in [0.25, 0.3) is 15.9 Å². The highest BCUT2D eigenvalue weighted by Gasteiger charge is 2.33. The summed E-state index contributed by atoms with van der Waals surface area (Å²) in [6, 6.07) is 4.06. The van der Waals surface area contributed by atoms with Gasteiger partial charge in [-0.25, -0.2) is 18.1 Å². The molecule has 194 valence electrons. The molecule has 36 heavy (non-hydrogen) atoms. The Morgan fingerprint density at radius 2 is 1.81 bits per heavy atom. The molecule has 1 unspecified atom stereocenters. The summed E-state index contributed by atoms with van der Waals surface area (Å²) in [6.07, 6.45) is 2.67. The van der Waals surface area contributed by atoms with E-state index in [2.05, 4.69) is 15.6 Å². The second-order valence-electron chi connectivity index (χ2n) is 9.42. The topological polar surface area (TPSA) is 168 Å². The van der Waals surface area contributed by atoms with Crippen molar-refractivity contribution in [3.8, 4) is 0 Å². The normalized spacial score (nSPS) is 16.4. The summed E-state index contributed by atoms with van der Waals surface area (Å²) in [5.41, 5.74) is 0.655. The van der Waals surface area contributed by atoms with Gasteiger partial charge in [0.15, 0.2) is 0 Å². The van der Waals surface area contributed by atoms with Crippen LogP contribution in [0.4, 0.5) is 5.69 Å². The Balaban J connectivity index is 1.55. The molecule has 1 aliphatic rings. The van der Waals surface area contributed by atoms with E-state index in [1.165, 1.54) is 42.5 Å². The maximum Gasteiger partial charge on any atom is 0.313 e. The Morgan fingerprint density at radius 1 is 1.14 bits per heavy atom. The summed E-state index contributed by atoms with van der Waals surface area (Å²) in [7, 11) is -2.75. The zero-order chi connectivity index (χ0) is 26.7. The van der Waals surface area contributed by atoms with Crippen LogP contribution in [-0.4, -0.2) is 55.0 Å². The number of carbonyl (C=O) groups is 4. The number of hydrogen-bond donors (Lipinski definition) is 3. The number of sulfonamides is 1. The molecule has 0 bridgehead atoms. The maximum atomic E-state index is 12.6. The highest BCUT2D eigenvalue weighted by atomic mass is 32.2. The van der Waals surface area contributed by atoms with Crippen molar-refractivity contribution in [2.75, 3.05) is 12.4 Å². The molecule has 4 amide bonds. The van der Waals surface area contributed by atoms with Crippen LogP contribution in [0.3, 0.4) is 0 Å². The third-order valence-corrected chi connectivity index (χ3v) is 6.98. The number of nitrogens with one attached hydrogen (secondary N) is 3. The van der Waals surface area contributed by atoms with E-state index in [0.29, 0.717) is 25.0 Å². The first-order valence-corrected chi connectivity index (χ1v) is 12.7. The minimum atomic E-state index is -4.21. The number of likely N-dealkylation sites (tertiary alicyclic amines) is 1. The van der Waals surface area contributed by atoms with Crippen molar-refractivity contribution in [2.24, 2.45) is 0 Å². The summed E-state index contributed by atoms with van der Waals surface area (Å²) in [6.45, 7) is 5.80. The molecule has 0 aliphatic carbocycles. The number of likely N-dealkylation sites (N-methyl/N-ethyl adjacent to an activating group) is 1. The fourth-order valence-electron chi connectivity index (χ4n) is 3.43. The number of aromatic nitrogens is 1. The standard InChI is InChI=1S/C23H29N5O7S/c1-23(2,3)17-13-35-18(26-17)12-24-21(31)22(32)25-14-8-10-15(11-9-14)36(33,34)27-20(30)16-6-5-7-19(29)28(16)4/h8-11,13,16H,5-7,12H2,1-4H3,(H,24,31)(H,25,32)(H,27,30). The first-order chi connectivity index (χ1) is 16.8. The molecule has 0 spiro atoms. The van der Waals surface area contributed by atoms with E-state index in [0.717, 1.165) is 0 Å². The lowest BCUT2D eigenvalue weighted by molar-refractivity contribution is -0.141. The van der Waals surface area contributed by atoms with E-state index in [1.54, 1.807) is 0 Å². The van der Waals surface area contributed by atoms with E-state index >= 15 is 0 Å². The number of hydrogen-bond acceptors (Lipinski definition) is 8. The van der Waals surface area contributed by atoms with Crippen molar-refractivity contribution in [2.45, 2.75) is 62.9 Å². The lowest BCUT2D eigenvalue weighted by Gasteiger charge is -2.31. The van der Waals surface area contributed by atoms with E-state index < -0.39 is 33.8 Å². The average Bonchev–Trinajstić information content (AvgIpc) is 3.29. The summed E-state index contributed by atoms with van der Waals surface area (Å²) in [5.74, 6) is -2.66. The average molecular weight is 520 g/mol. The van der Waals surface area contributed by atoms with Gasteiger partial charge in [0.05, 0.1) is 17.1 Å². The van der Waals surface area contributed by atoms with Crippen LogP contribution in [0.25, 0.3) is 0 Å². The van der Waals surface area contributed by atoms with Crippen LogP contribution in [0, 0.1) is 0 Å². The quantitative estimate of drug-likeness (QED) is 0.476. The molecule has 1 aromatic heterocycles. The number of rotatable bonds is 6. The number of amides is 4. The number of oxazole rings is 1. The molecule has 13 heteroatoms. The molecule has 1 atom stereocenters. The first kappa shape index (κ1) is 26.9. The van der Waals surface area contributed by atoms with Gasteiger partial charge in [-0.15, -0.1) is 0 Å². The van der Waals surface area contributed by atoms with E-state index in [-0.39, 0.29) is 34.3 Å². The Morgan fingerprint density at radius 3 is 2.42 bits per heavy atom. The highest BCUT2D eigenvalue weighted by Crippen LogP contribution is 2.21. The highest BCUT2D eigenvalue weighted by molar-refractivity contribution is 7.90. The molecule has 3 N–H and O–H groups in total. The monoisotopic (exact) mass is 519 g/mol. The Kier molecular flexibility index (Phi) is 7.82. The minimum absolute atomic E-state index is 0.0823. The first-order valence-electron chi connectivity index (χ1n) is 11.2. The van der Waals surface area contributed by atoms with Crippen molar-refractivity contribution < 1.29 is 32.0 Å². The molecule has 2 heterocycles. The van der Waals surface area contributed by atoms with Crippen molar-refractivity contribution >= 4 is 39.3 Å². The molecule has 1 aromatic carbocycles. The third-order valence-electron chi connectivity index (χ3n) is 5.62. The number of nitrogens with zero attached hydrogens (tertiary/aromatic N) is 2. The third kappa shape index (κ3) is 6.47. The number of piperidine rings is 1. The second kappa shape index (κ2) is 10.5. The number of anilines is 1.